The highest BCUT2D eigenvalue weighted by atomic mass is 16.8. The van der Waals surface area contributed by atoms with E-state index in [1.807, 2.05) is 6.08 Å². The number of allylic oxidation sites excluding steroid dienone is 1. The van der Waals surface area contributed by atoms with E-state index in [2.05, 4.69) is 27.7 Å². The third kappa shape index (κ3) is 8.91. The number of carbonyl (C=O) groups excluding carboxylic acids is 1. The Labute approximate surface area is 419 Å². The number of rotatable bonds is 9. The number of hydrogen-bond acceptors (Lipinski definition) is 21. The molecule has 21 heteroatoms. The molecule has 410 valence electrons. The first-order chi connectivity index (χ1) is 34.0. The molecule has 9 fully saturated rings. The van der Waals surface area contributed by atoms with Crippen LogP contribution in [0.15, 0.2) is 11.6 Å². The molecule has 6 saturated heterocycles. The second-order valence-corrected chi connectivity index (χ2v) is 23.8. The van der Waals surface area contributed by atoms with Gasteiger partial charge in [-0.1, -0.05) is 33.3 Å². The minimum Gasteiger partial charge on any atom is -0.394 e. The van der Waals surface area contributed by atoms with E-state index in [0.29, 0.717) is 37.7 Å². The van der Waals surface area contributed by atoms with Crippen LogP contribution in [0.25, 0.3) is 0 Å². The van der Waals surface area contributed by atoms with Gasteiger partial charge in [0.15, 0.2) is 36.7 Å². The topological polar surface area (TPSA) is 312 Å². The van der Waals surface area contributed by atoms with Gasteiger partial charge < -0.3 is 98.4 Å². The van der Waals surface area contributed by atoms with Crippen LogP contribution in [0.3, 0.4) is 0 Å². The van der Waals surface area contributed by atoms with Gasteiger partial charge in [0, 0.05) is 18.3 Å². The average molecular weight is 1030 g/mol. The second-order valence-electron chi connectivity index (χ2n) is 23.8. The molecule has 0 aromatic rings. The number of hydrogen-bond donors (Lipinski definition) is 10. The van der Waals surface area contributed by atoms with E-state index in [4.69, 9.17) is 47.4 Å². The monoisotopic (exact) mass is 1030 g/mol. The molecule has 3 saturated carbocycles. The highest BCUT2D eigenvalue weighted by molar-refractivity contribution is 5.94. The van der Waals surface area contributed by atoms with Crippen LogP contribution in [0, 0.1) is 46.3 Å². The number of aliphatic hydroxyl groups is 10. The molecule has 10 rings (SSSR count). The molecule has 1 spiro atoms. The Kier molecular flexibility index (Phi) is 15.1. The van der Waals surface area contributed by atoms with Crippen molar-refractivity contribution >= 4 is 5.78 Å². The lowest BCUT2D eigenvalue weighted by Gasteiger charge is -2.58. The van der Waals surface area contributed by atoms with Crippen molar-refractivity contribution in [3.8, 4) is 0 Å². The van der Waals surface area contributed by atoms with Crippen LogP contribution in [0.5, 0.6) is 0 Å². The summed E-state index contributed by atoms with van der Waals surface area (Å²) in [7, 11) is 0. The first-order valence-electron chi connectivity index (χ1n) is 26.6. The summed E-state index contributed by atoms with van der Waals surface area (Å²) in [6.07, 6.45) is -22.8. The minimum atomic E-state index is -1.88. The standard InChI is InChI=1S/C51H80O21/c1-19-8-13-51(63-18-19)20(2)32-29(72-51)16-27-31-26(10-12-50(27,32)7)49(6)11-9-25(14-24(49)15-28(31)53)67-48-44(71-46-39(60)36(57)34(55)22(4)65-46)41(62)43(30(17-52)68-48)70-47-40(61)37(58)42(23(5)66-47)69-45-38(59)35(56)33(54)21(3)64-45/h15,19-23,25-27,29-48,52,54-62H,8-14,16-18H2,1-7H3. The molecule has 0 amide bonds. The van der Waals surface area contributed by atoms with Gasteiger partial charge in [-0.25, -0.2) is 0 Å². The predicted octanol–water partition coefficient (Wildman–Crippen LogP) is -0.727. The average Bonchev–Trinajstić information content (AvgIpc) is 3.79. The maximum atomic E-state index is 14.6. The maximum absolute atomic E-state index is 14.6. The molecule has 10 N–H and O–H groups in total. The van der Waals surface area contributed by atoms with Gasteiger partial charge >= 0.3 is 0 Å². The lowest BCUT2D eigenvalue weighted by atomic mass is 9.46. The van der Waals surface area contributed by atoms with Gasteiger partial charge in [0.1, 0.15) is 79.4 Å². The second kappa shape index (κ2) is 20.1. The molecule has 21 nitrogen and oxygen atoms in total. The van der Waals surface area contributed by atoms with Crippen molar-refractivity contribution in [2.45, 2.75) is 241 Å². The lowest BCUT2D eigenvalue weighted by Crippen LogP contribution is -2.67. The smallest absolute Gasteiger partial charge is 0.187 e. The Morgan fingerprint density at radius 2 is 1.21 bits per heavy atom. The zero-order valence-corrected chi connectivity index (χ0v) is 42.3. The van der Waals surface area contributed by atoms with Crippen LogP contribution in [0.2, 0.25) is 0 Å². The van der Waals surface area contributed by atoms with E-state index < -0.39 is 141 Å². The number of fused-ring (bicyclic) bond motifs is 7. The Hall–Kier alpha value is -1.39. The molecule has 31 atom stereocenters. The normalized spacial score (nSPS) is 57.8. The molecule has 6 aliphatic heterocycles. The van der Waals surface area contributed by atoms with Crippen molar-refractivity contribution in [1.82, 2.24) is 0 Å². The molecule has 10 aliphatic rings. The summed E-state index contributed by atoms with van der Waals surface area (Å²) in [4.78, 5) is 14.6. The van der Waals surface area contributed by atoms with Crippen LogP contribution in [-0.2, 0) is 52.2 Å². The van der Waals surface area contributed by atoms with Gasteiger partial charge in [-0.2, -0.15) is 0 Å². The lowest BCUT2D eigenvalue weighted by molar-refractivity contribution is -0.394. The summed E-state index contributed by atoms with van der Waals surface area (Å²) in [5.41, 5.74) is 0.603. The van der Waals surface area contributed by atoms with E-state index >= 15 is 0 Å². The van der Waals surface area contributed by atoms with Crippen LogP contribution < -0.4 is 0 Å². The fourth-order valence-corrected chi connectivity index (χ4v) is 15.2. The summed E-state index contributed by atoms with van der Waals surface area (Å²) in [6, 6.07) is 0. The summed E-state index contributed by atoms with van der Waals surface area (Å²) in [5.74, 6) is 0.743. The predicted molar refractivity (Wildman–Crippen MR) is 244 cm³/mol. The zero-order valence-electron chi connectivity index (χ0n) is 42.3. The van der Waals surface area contributed by atoms with E-state index in [-0.39, 0.29) is 46.4 Å². The van der Waals surface area contributed by atoms with Crippen molar-refractivity contribution in [1.29, 1.82) is 0 Å². The first-order valence-corrected chi connectivity index (χ1v) is 26.6. The van der Waals surface area contributed by atoms with Crippen LogP contribution in [0.4, 0.5) is 0 Å². The van der Waals surface area contributed by atoms with E-state index in [1.54, 1.807) is 0 Å². The number of ether oxygens (including phenoxy) is 10. The molecular weight excluding hydrogens is 949 g/mol. The largest absolute Gasteiger partial charge is 0.394 e. The molecule has 0 radical (unpaired) electrons. The van der Waals surface area contributed by atoms with Crippen LogP contribution in [0.1, 0.15) is 99.8 Å². The quantitative estimate of drug-likeness (QED) is 0.136. The van der Waals surface area contributed by atoms with Crippen LogP contribution >= 0.6 is 0 Å². The number of carbonyl (C=O) groups is 1. The van der Waals surface area contributed by atoms with Gasteiger partial charge in [0.05, 0.1) is 43.7 Å². The number of aliphatic hydroxyl groups excluding tert-OH is 10. The molecule has 6 heterocycles. The summed E-state index contributed by atoms with van der Waals surface area (Å²) in [6.45, 7) is 13.5. The molecule has 72 heavy (non-hydrogen) atoms. The van der Waals surface area contributed by atoms with E-state index in [0.717, 1.165) is 37.7 Å². The van der Waals surface area contributed by atoms with Crippen molar-refractivity contribution in [3.63, 3.8) is 0 Å². The zero-order chi connectivity index (χ0) is 51.7. The fourth-order valence-electron chi connectivity index (χ4n) is 15.2. The number of ketones is 1. The van der Waals surface area contributed by atoms with Crippen molar-refractivity contribution in [3.05, 3.63) is 11.6 Å². The summed E-state index contributed by atoms with van der Waals surface area (Å²) < 4.78 is 61.9. The van der Waals surface area contributed by atoms with Crippen molar-refractivity contribution in [2.75, 3.05) is 13.2 Å². The Morgan fingerprint density at radius 3 is 1.82 bits per heavy atom. The molecule has 0 aromatic heterocycles. The SMILES string of the molecule is CC1CCC2(OC1)OC1CC3C4C(=O)C=C5CC(OC6OC(CO)C(OC7OC(C)C(OC8OC(C)C(O)C(O)C8O)C(O)C7O)C(O)C6OC6OC(C)C(O)C(O)C6O)CCC5(C)C4CCC3(C)C1C2C. The van der Waals surface area contributed by atoms with Gasteiger partial charge in [0.25, 0.3) is 0 Å². The van der Waals surface area contributed by atoms with Gasteiger partial charge in [-0.15, -0.1) is 0 Å². The van der Waals surface area contributed by atoms with E-state index in [1.165, 1.54) is 20.8 Å². The Morgan fingerprint density at radius 1 is 0.611 bits per heavy atom. The third-order valence-corrected chi connectivity index (χ3v) is 19.6. The van der Waals surface area contributed by atoms with Crippen LogP contribution in [-0.4, -0.2) is 211 Å². The molecular formula is C51H80O21. The van der Waals surface area contributed by atoms with Crippen molar-refractivity contribution in [2.24, 2.45) is 46.3 Å². The molecule has 31 unspecified atom stereocenters. The van der Waals surface area contributed by atoms with E-state index in [9.17, 15) is 55.9 Å². The maximum Gasteiger partial charge on any atom is 0.187 e. The summed E-state index contributed by atoms with van der Waals surface area (Å²) in [5, 5.41) is 109. The molecule has 0 aromatic carbocycles. The molecule has 0 bridgehead atoms. The van der Waals surface area contributed by atoms with Gasteiger partial charge in [-0.3, -0.25) is 4.79 Å². The Bertz CT molecular complexity index is 1970. The van der Waals surface area contributed by atoms with Crippen molar-refractivity contribution < 1.29 is 103 Å². The van der Waals surface area contributed by atoms with Gasteiger partial charge in [-0.05, 0) is 106 Å². The highest BCUT2D eigenvalue weighted by Crippen LogP contribution is 2.70. The first kappa shape index (κ1) is 54.0. The third-order valence-electron chi connectivity index (χ3n) is 19.6. The Balaban J connectivity index is 0.848. The summed E-state index contributed by atoms with van der Waals surface area (Å²) >= 11 is 0. The van der Waals surface area contributed by atoms with Gasteiger partial charge in [0.2, 0.25) is 0 Å². The highest BCUT2D eigenvalue weighted by Gasteiger charge is 2.70. The minimum absolute atomic E-state index is 0.0420. The fraction of sp³-hybridized carbons (Fsp3) is 0.941. The molecule has 4 aliphatic carbocycles.